The summed E-state index contributed by atoms with van der Waals surface area (Å²) in [5, 5.41) is 1.26. The molecule has 2 aliphatic rings. The van der Waals surface area contributed by atoms with Crippen LogP contribution in [0.15, 0.2) is 18.2 Å². The van der Waals surface area contributed by atoms with Crippen LogP contribution in [0, 0.1) is 0 Å². The molecule has 0 unspecified atom stereocenters. The Balaban J connectivity index is 1.70. The summed E-state index contributed by atoms with van der Waals surface area (Å²) < 4.78 is 1.24. The van der Waals surface area contributed by atoms with Crippen LogP contribution in [0.5, 0.6) is 0 Å². The Morgan fingerprint density at radius 3 is 2.15 bits per heavy atom. The number of hydrogen-bond donors (Lipinski definition) is 1. The van der Waals surface area contributed by atoms with Crippen LogP contribution < -0.4 is 5.73 Å². The van der Waals surface area contributed by atoms with Gasteiger partial charge in [0.2, 0.25) is 0 Å². The molecule has 2 N–H and O–H groups in total. The zero-order valence-electron chi connectivity index (χ0n) is 15.8. The van der Waals surface area contributed by atoms with Crippen molar-refractivity contribution in [2.24, 2.45) is 5.73 Å². The highest BCUT2D eigenvalue weighted by Gasteiger charge is 2.27. The van der Waals surface area contributed by atoms with E-state index < -0.39 is 0 Å². The highest BCUT2D eigenvalue weighted by molar-refractivity contribution is 7.21. The molecule has 2 saturated heterocycles. The van der Waals surface area contributed by atoms with Gasteiger partial charge in [0.15, 0.2) is 0 Å². The van der Waals surface area contributed by atoms with E-state index in [0.29, 0.717) is 11.8 Å². The highest BCUT2D eigenvalue weighted by Crippen LogP contribution is 2.42. The van der Waals surface area contributed by atoms with Gasteiger partial charge in [0.25, 0.3) is 5.91 Å². The number of primary amides is 1. The largest absolute Gasteiger partial charge is 0.365 e. The molecule has 140 valence electrons. The molecule has 4 nitrogen and oxygen atoms in total. The number of nitrogens with two attached hydrogens (primary N) is 1. The summed E-state index contributed by atoms with van der Waals surface area (Å²) in [6, 6.07) is 6.90. The number of thiophene rings is 1. The van der Waals surface area contributed by atoms with Crippen molar-refractivity contribution in [2.45, 2.75) is 37.5 Å². The van der Waals surface area contributed by atoms with Gasteiger partial charge in [0, 0.05) is 4.70 Å². The summed E-state index contributed by atoms with van der Waals surface area (Å²) in [7, 11) is 4.37. The second-order valence-corrected chi connectivity index (χ2v) is 9.17. The first-order chi connectivity index (χ1) is 12.5. The van der Waals surface area contributed by atoms with Gasteiger partial charge in [-0.2, -0.15) is 0 Å². The molecule has 0 radical (unpaired) electrons. The second-order valence-electron chi connectivity index (χ2n) is 8.12. The van der Waals surface area contributed by atoms with Crippen LogP contribution in [0.3, 0.4) is 0 Å². The Morgan fingerprint density at radius 2 is 1.58 bits per heavy atom. The van der Waals surface area contributed by atoms with E-state index >= 15 is 0 Å². The maximum absolute atomic E-state index is 12.1. The Labute approximate surface area is 160 Å². The Kier molecular flexibility index (Phi) is 5.04. The smallest absolute Gasteiger partial charge is 0.259 e. The van der Waals surface area contributed by atoms with E-state index in [4.69, 9.17) is 5.73 Å². The third-order valence-corrected chi connectivity index (χ3v) is 7.48. The van der Waals surface area contributed by atoms with Gasteiger partial charge in [0.05, 0.1) is 4.88 Å². The van der Waals surface area contributed by atoms with Gasteiger partial charge in [-0.15, -0.1) is 11.3 Å². The Bertz CT molecular complexity index is 799. The topological polar surface area (TPSA) is 49.6 Å². The first-order valence-electron chi connectivity index (χ1n) is 9.76. The minimum Gasteiger partial charge on any atom is -0.365 e. The third kappa shape index (κ3) is 3.40. The number of benzene rings is 1. The predicted octanol–water partition coefficient (Wildman–Crippen LogP) is 3.62. The lowest BCUT2D eigenvalue weighted by molar-refractivity contribution is 0.100. The average molecular weight is 372 g/mol. The molecule has 0 bridgehead atoms. The number of likely N-dealkylation sites (tertiary alicyclic amines) is 2. The minimum absolute atomic E-state index is 0.263. The lowest BCUT2D eigenvalue weighted by atomic mass is 9.86. The van der Waals surface area contributed by atoms with E-state index in [1.165, 1.54) is 47.1 Å². The molecule has 2 aliphatic heterocycles. The predicted molar refractivity (Wildman–Crippen MR) is 109 cm³/mol. The van der Waals surface area contributed by atoms with Crippen molar-refractivity contribution in [1.29, 1.82) is 0 Å². The summed E-state index contributed by atoms with van der Waals surface area (Å²) >= 11 is 1.61. The zero-order valence-corrected chi connectivity index (χ0v) is 16.6. The van der Waals surface area contributed by atoms with Gasteiger partial charge < -0.3 is 15.5 Å². The Morgan fingerprint density at radius 1 is 1.00 bits per heavy atom. The zero-order chi connectivity index (χ0) is 18.3. The van der Waals surface area contributed by atoms with Gasteiger partial charge >= 0.3 is 0 Å². The van der Waals surface area contributed by atoms with Gasteiger partial charge in [-0.3, -0.25) is 4.79 Å². The number of rotatable bonds is 3. The monoisotopic (exact) mass is 371 g/mol. The maximum Gasteiger partial charge on any atom is 0.259 e. The van der Waals surface area contributed by atoms with Crippen LogP contribution in [0.2, 0.25) is 0 Å². The quantitative estimate of drug-likeness (QED) is 0.896. The van der Waals surface area contributed by atoms with Crippen LogP contribution in [0.1, 0.15) is 58.3 Å². The van der Waals surface area contributed by atoms with Crippen LogP contribution in [-0.4, -0.2) is 56.0 Å². The van der Waals surface area contributed by atoms with E-state index in [1.807, 2.05) is 0 Å². The fraction of sp³-hybridized carbons (Fsp3) is 0.571. The fourth-order valence-corrected chi connectivity index (χ4v) is 5.80. The maximum atomic E-state index is 12.1. The first kappa shape index (κ1) is 18.0. The van der Waals surface area contributed by atoms with Gasteiger partial charge in [-0.1, -0.05) is 12.1 Å². The van der Waals surface area contributed by atoms with Crippen molar-refractivity contribution in [3.05, 3.63) is 34.2 Å². The molecule has 2 aromatic rings. The van der Waals surface area contributed by atoms with Crippen LogP contribution in [-0.2, 0) is 0 Å². The summed E-state index contributed by atoms with van der Waals surface area (Å²) in [5.74, 6) is 0.833. The molecule has 0 aliphatic carbocycles. The molecular weight excluding hydrogens is 342 g/mol. The first-order valence-corrected chi connectivity index (χ1v) is 10.6. The van der Waals surface area contributed by atoms with Crippen LogP contribution in [0.25, 0.3) is 10.1 Å². The highest BCUT2D eigenvalue weighted by atomic mass is 32.1. The van der Waals surface area contributed by atoms with Crippen molar-refractivity contribution in [1.82, 2.24) is 9.80 Å². The summed E-state index contributed by atoms with van der Waals surface area (Å²) in [6.45, 7) is 4.52. The number of piperidine rings is 2. The molecule has 0 saturated carbocycles. The third-order valence-electron chi connectivity index (χ3n) is 6.29. The van der Waals surface area contributed by atoms with Crippen LogP contribution in [0.4, 0.5) is 0 Å². The van der Waals surface area contributed by atoms with E-state index in [1.54, 1.807) is 11.3 Å². The van der Waals surface area contributed by atoms with Gasteiger partial charge in [-0.05, 0) is 100 Å². The van der Waals surface area contributed by atoms with Crippen molar-refractivity contribution in [2.75, 3.05) is 40.3 Å². The van der Waals surface area contributed by atoms with E-state index in [2.05, 4.69) is 42.1 Å². The molecule has 4 rings (SSSR count). The fourth-order valence-electron chi connectivity index (χ4n) is 4.61. The number of nitrogens with zero attached hydrogens (tertiary/aromatic N) is 2. The summed E-state index contributed by atoms with van der Waals surface area (Å²) in [4.78, 5) is 17.7. The molecule has 0 atom stereocenters. The van der Waals surface area contributed by atoms with Gasteiger partial charge in [0.1, 0.15) is 0 Å². The average Bonchev–Trinajstić information content (AvgIpc) is 3.02. The minimum atomic E-state index is -0.263. The molecule has 5 heteroatoms. The van der Waals surface area contributed by atoms with Crippen molar-refractivity contribution in [3.8, 4) is 0 Å². The summed E-state index contributed by atoms with van der Waals surface area (Å²) in [6.07, 6.45) is 4.66. The number of carbonyl (C=O) groups is 1. The number of hydrogen-bond acceptors (Lipinski definition) is 4. The molecule has 1 amide bonds. The molecule has 2 fully saturated rings. The molecule has 3 heterocycles. The molecule has 0 spiro atoms. The van der Waals surface area contributed by atoms with Gasteiger partial charge in [-0.25, -0.2) is 0 Å². The molecule has 1 aromatic heterocycles. The van der Waals surface area contributed by atoms with Crippen molar-refractivity contribution in [3.63, 3.8) is 0 Å². The standard InChI is InChI=1S/C21H29N3OS/c1-23-9-5-14(6-10-23)16-3-4-17-18(13-16)26-20(21(22)25)19(17)15-7-11-24(2)12-8-15/h3-4,13-15H,5-12H2,1-2H3,(H2,22,25). The van der Waals surface area contributed by atoms with Crippen LogP contribution >= 0.6 is 11.3 Å². The lowest BCUT2D eigenvalue weighted by Crippen LogP contribution is -2.30. The SMILES string of the molecule is CN1CCC(c2ccc3c(C4CCN(C)CC4)c(C(N)=O)sc3c2)CC1. The molecule has 26 heavy (non-hydrogen) atoms. The molecule has 1 aromatic carbocycles. The number of amides is 1. The number of fused-ring (bicyclic) bond motifs is 1. The van der Waals surface area contributed by atoms with Crippen molar-refractivity contribution < 1.29 is 4.79 Å². The van der Waals surface area contributed by atoms with E-state index in [9.17, 15) is 4.79 Å². The molecular formula is C21H29N3OS. The lowest BCUT2D eigenvalue weighted by Gasteiger charge is -2.30. The number of carbonyl (C=O) groups excluding carboxylic acids is 1. The summed E-state index contributed by atoms with van der Waals surface area (Å²) in [5.41, 5.74) is 8.42. The van der Waals surface area contributed by atoms with E-state index in [-0.39, 0.29) is 5.91 Å². The normalized spacial score (nSPS) is 21.5. The Hall–Kier alpha value is -1.43. The second kappa shape index (κ2) is 7.29. The van der Waals surface area contributed by atoms with E-state index in [0.717, 1.165) is 30.8 Å². The van der Waals surface area contributed by atoms with Crippen molar-refractivity contribution >= 4 is 27.3 Å².